The Kier molecular flexibility index (Phi) is 3.01. The number of imidazole rings is 1. The Labute approximate surface area is 132 Å². The lowest BCUT2D eigenvalue weighted by molar-refractivity contribution is 1.11. The molecule has 4 nitrogen and oxygen atoms in total. The van der Waals surface area contributed by atoms with E-state index in [1.54, 1.807) is 17.5 Å². The molecule has 22 heavy (non-hydrogen) atoms. The zero-order valence-electron chi connectivity index (χ0n) is 12.3. The number of aromatic nitrogens is 4. The number of nitrogens with zero attached hydrogens (tertiary/aromatic N) is 4. The van der Waals surface area contributed by atoms with Crippen LogP contribution >= 0.6 is 11.3 Å². The van der Waals surface area contributed by atoms with Gasteiger partial charge in [-0.3, -0.25) is 4.40 Å². The summed E-state index contributed by atoms with van der Waals surface area (Å²) in [4.78, 5) is 13.6. The van der Waals surface area contributed by atoms with Crippen LogP contribution in [-0.4, -0.2) is 19.4 Å². The Bertz CT molecular complexity index is 950. The van der Waals surface area contributed by atoms with Crippen molar-refractivity contribution < 1.29 is 0 Å². The predicted octanol–water partition coefficient (Wildman–Crippen LogP) is 4.14. The van der Waals surface area contributed by atoms with Crippen molar-refractivity contribution in [1.82, 2.24) is 19.4 Å². The first kappa shape index (κ1) is 13.2. The third-order valence-electron chi connectivity index (χ3n) is 3.63. The number of thiazole rings is 1. The Hall–Kier alpha value is -2.53. The number of hydrogen-bond acceptors (Lipinski definition) is 4. The molecule has 0 amide bonds. The minimum Gasteiger partial charge on any atom is -0.281 e. The Morgan fingerprint density at radius 2 is 1.86 bits per heavy atom. The second-order valence-corrected chi connectivity index (χ2v) is 6.10. The molecule has 0 saturated carbocycles. The van der Waals surface area contributed by atoms with Gasteiger partial charge in [-0.05, 0) is 19.9 Å². The molecule has 3 aromatic heterocycles. The van der Waals surface area contributed by atoms with E-state index in [1.807, 2.05) is 23.6 Å². The van der Waals surface area contributed by atoms with Crippen LogP contribution in [0.1, 0.15) is 11.3 Å². The van der Waals surface area contributed by atoms with Gasteiger partial charge in [-0.15, -0.1) is 11.3 Å². The summed E-state index contributed by atoms with van der Waals surface area (Å²) in [6.45, 7) is 4.09. The van der Waals surface area contributed by atoms with E-state index in [0.717, 1.165) is 27.7 Å². The Morgan fingerprint density at radius 1 is 1.05 bits per heavy atom. The van der Waals surface area contributed by atoms with Gasteiger partial charge in [-0.25, -0.2) is 15.0 Å². The van der Waals surface area contributed by atoms with Crippen LogP contribution in [0.4, 0.5) is 0 Å². The molecular formula is C17H14N4S. The molecule has 0 N–H and O–H groups in total. The van der Waals surface area contributed by atoms with Gasteiger partial charge in [0.25, 0.3) is 0 Å². The third kappa shape index (κ3) is 2.10. The van der Waals surface area contributed by atoms with Gasteiger partial charge in [0.15, 0.2) is 0 Å². The van der Waals surface area contributed by atoms with Gasteiger partial charge in [0, 0.05) is 23.3 Å². The van der Waals surface area contributed by atoms with Gasteiger partial charge >= 0.3 is 0 Å². The normalized spacial score (nSPS) is 11.2. The largest absolute Gasteiger partial charge is 0.281 e. The highest BCUT2D eigenvalue weighted by molar-refractivity contribution is 7.13. The van der Waals surface area contributed by atoms with Crippen molar-refractivity contribution in [2.24, 2.45) is 0 Å². The van der Waals surface area contributed by atoms with E-state index in [9.17, 15) is 0 Å². The van der Waals surface area contributed by atoms with Crippen LogP contribution in [0.3, 0.4) is 0 Å². The van der Waals surface area contributed by atoms with E-state index in [1.165, 1.54) is 5.56 Å². The first-order valence-electron chi connectivity index (χ1n) is 7.05. The molecule has 1 aromatic carbocycles. The van der Waals surface area contributed by atoms with Gasteiger partial charge in [0.05, 0.1) is 11.4 Å². The minimum absolute atomic E-state index is 0.710. The van der Waals surface area contributed by atoms with Crippen LogP contribution in [0.5, 0.6) is 0 Å². The fourth-order valence-electron chi connectivity index (χ4n) is 2.49. The van der Waals surface area contributed by atoms with Crippen molar-refractivity contribution in [3.8, 4) is 22.0 Å². The Balaban J connectivity index is 1.83. The molecule has 0 spiro atoms. The fraction of sp³-hybridized carbons (Fsp3) is 0.118. The quantitative estimate of drug-likeness (QED) is 0.559. The standard InChI is InChI=1S/C17H14N4S/c1-11-4-6-13(7-5-11)14-10-22-16(20-14)15-12(2)19-17-18-8-3-9-21(15)17/h3-10H,1-2H3. The molecule has 3 heterocycles. The summed E-state index contributed by atoms with van der Waals surface area (Å²) in [5.74, 6) is 0.710. The topological polar surface area (TPSA) is 43.1 Å². The number of fused-ring (bicyclic) bond motifs is 1. The van der Waals surface area contributed by atoms with Gasteiger partial charge in [0.2, 0.25) is 5.78 Å². The average Bonchev–Trinajstić information content (AvgIpc) is 3.11. The third-order valence-corrected chi connectivity index (χ3v) is 4.48. The van der Waals surface area contributed by atoms with Crippen molar-refractivity contribution in [1.29, 1.82) is 0 Å². The molecule has 4 rings (SSSR count). The van der Waals surface area contributed by atoms with E-state index in [0.29, 0.717) is 5.78 Å². The highest BCUT2D eigenvalue weighted by Gasteiger charge is 2.15. The number of benzene rings is 1. The van der Waals surface area contributed by atoms with Crippen molar-refractivity contribution in [3.63, 3.8) is 0 Å². The zero-order chi connectivity index (χ0) is 15.1. The average molecular weight is 306 g/mol. The van der Waals surface area contributed by atoms with Crippen molar-refractivity contribution in [3.05, 3.63) is 59.4 Å². The molecule has 0 aliphatic heterocycles. The van der Waals surface area contributed by atoms with Crippen molar-refractivity contribution in [2.75, 3.05) is 0 Å². The summed E-state index contributed by atoms with van der Waals surface area (Å²) >= 11 is 1.64. The maximum atomic E-state index is 4.79. The molecule has 108 valence electrons. The van der Waals surface area contributed by atoms with Gasteiger partial charge in [-0.1, -0.05) is 29.8 Å². The predicted molar refractivity (Wildman–Crippen MR) is 89.0 cm³/mol. The van der Waals surface area contributed by atoms with Gasteiger partial charge in [-0.2, -0.15) is 0 Å². The highest BCUT2D eigenvalue weighted by atomic mass is 32.1. The maximum Gasteiger partial charge on any atom is 0.234 e. The van der Waals surface area contributed by atoms with Crippen LogP contribution in [0.2, 0.25) is 0 Å². The van der Waals surface area contributed by atoms with Gasteiger partial charge < -0.3 is 0 Å². The number of rotatable bonds is 2. The molecular weight excluding hydrogens is 292 g/mol. The molecule has 5 heteroatoms. The van der Waals surface area contributed by atoms with Crippen molar-refractivity contribution in [2.45, 2.75) is 13.8 Å². The first-order chi connectivity index (χ1) is 10.7. The lowest BCUT2D eigenvalue weighted by Crippen LogP contribution is -1.90. The summed E-state index contributed by atoms with van der Waals surface area (Å²) in [6.07, 6.45) is 3.73. The summed E-state index contributed by atoms with van der Waals surface area (Å²) in [6, 6.07) is 10.3. The summed E-state index contributed by atoms with van der Waals surface area (Å²) in [5, 5.41) is 3.06. The molecule has 0 radical (unpaired) electrons. The smallest absolute Gasteiger partial charge is 0.234 e. The highest BCUT2D eigenvalue weighted by Crippen LogP contribution is 2.31. The van der Waals surface area contributed by atoms with Crippen LogP contribution in [0.15, 0.2) is 48.1 Å². The molecule has 0 unspecified atom stereocenters. The molecule has 0 aliphatic rings. The zero-order valence-corrected chi connectivity index (χ0v) is 13.1. The van der Waals surface area contributed by atoms with Crippen LogP contribution in [-0.2, 0) is 0 Å². The van der Waals surface area contributed by atoms with E-state index in [-0.39, 0.29) is 0 Å². The van der Waals surface area contributed by atoms with Crippen LogP contribution in [0, 0.1) is 13.8 Å². The SMILES string of the molecule is Cc1ccc(-c2csc(-c3c(C)nc4ncccn34)n2)cc1. The second-order valence-electron chi connectivity index (χ2n) is 5.24. The fourth-order valence-corrected chi connectivity index (χ4v) is 3.42. The monoisotopic (exact) mass is 306 g/mol. The number of hydrogen-bond donors (Lipinski definition) is 0. The maximum absolute atomic E-state index is 4.79. The lowest BCUT2D eigenvalue weighted by atomic mass is 10.1. The molecule has 0 bridgehead atoms. The second kappa shape index (κ2) is 5.03. The van der Waals surface area contributed by atoms with E-state index in [2.05, 4.69) is 46.5 Å². The van der Waals surface area contributed by atoms with E-state index < -0.39 is 0 Å². The molecule has 0 saturated heterocycles. The van der Waals surface area contributed by atoms with Crippen molar-refractivity contribution >= 4 is 17.1 Å². The summed E-state index contributed by atoms with van der Waals surface area (Å²) < 4.78 is 1.99. The van der Waals surface area contributed by atoms with Crippen LogP contribution in [0.25, 0.3) is 27.7 Å². The first-order valence-corrected chi connectivity index (χ1v) is 7.93. The lowest BCUT2D eigenvalue weighted by Gasteiger charge is -1.99. The molecule has 0 fully saturated rings. The molecule has 4 aromatic rings. The number of aryl methyl sites for hydroxylation is 2. The van der Waals surface area contributed by atoms with E-state index in [4.69, 9.17) is 4.98 Å². The molecule has 0 atom stereocenters. The summed E-state index contributed by atoms with van der Waals surface area (Å²) in [5.41, 5.74) is 5.36. The van der Waals surface area contributed by atoms with E-state index >= 15 is 0 Å². The van der Waals surface area contributed by atoms with Crippen LogP contribution < -0.4 is 0 Å². The minimum atomic E-state index is 0.710. The molecule has 0 aliphatic carbocycles. The Morgan fingerprint density at radius 3 is 2.68 bits per heavy atom. The van der Waals surface area contributed by atoms with Gasteiger partial charge in [0.1, 0.15) is 10.7 Å². The summed E-state index contributed by atoms with van der Waals surface area (Å²) in [7, 11) is 0.